The van der Waals surface area contributed by atoms with Crippen LogP contribution in [-0.4, -0.2) is 6.04 Å². The number of nitrogens with one attached hydrogen (secondary N) is 1. The fraction of sp³-hybridized carbons (Fsp3) is 0.333. The van der Waals surface area contributed by atoms with Gasteiger partial charge in [-0.1, -0.05) is 12.1 Å². The van der Waals surface area contributed by atoms with Gasteiger partial charge in [0.2, 0.25) is 0 Å². The quantitative estimate of drug-likeness (QED) is 0.907. The molecule has 0 spiro atoms. The van der Waals surface area contributed by atoms with E-state index in [0.29, 0.717) is 29.5 Å². The number of hydrogen-bond acceptors (Lipinski definition) is 2. The molecule has 1 aromatic carbocycles. The van der Waals surface area contributed by atoms with Gasteiger partial charge in [0.25, 0.3) is 0 Å². The Balaban J connectivity index is 1.86. The van der Waals surface area contributed by atoms with Crippen LogP contribution >= 0.6 is 0 Å². The largest absolute Gasteiger partial charge is 0.467 e. The minimum absolute atomic E-state index is 0.523. The van der Waals surface area contributed by atoms with Gasteiger partial charge in [0, 0.05) is 11.6 Å². The molecular weight excluding hydrogens is 267 g/mol. The molecule has 2 nitrogen and oxygen atoms in total. The van der Waals surface area contributed by atoms with E-state index in [2.05, 4.69) is 5.32 Å². The third-order valence-corrected chi connectivity index (χ3v) is 3.37. The smallest absolute Gasteiger partial charge is 0.416 e. The lowest BCUT2D eigenvalue weighted by atomic mass is 10.0. The molecule has 5 heteroatoms. The van der Waals surface area contributed by atoms with Gasteiger partial charge < -0.3 is 9.73 Å². The van der Waals surface area contributed by atoms with Crippen molar-refractivity contribution in [3.8, 4) is 11.1 Å². The fourth-order valence-corrected chi connectivity index (χ4v) is 2.12. The molecule has 0 unspecified atom stereocenters. The van der Waals surface area contributed by atoms with E-state index in [1.54, 1.807) is 12.1 Å². The summed E-state index contributed by atoms with van der Waals surface area (Å²) in [5, 5.41) is 3.30. The molecule has 2 aromatic rings. The van der Waals surface area contributed by atoms with Gasteiger partial charge in [0.1, 0.15) is 5.76 Å². The van der Waals surface area contributed by atoms with Crippen molar-refractivity contribution >= 4 is 0 Å². The second kappa shape index (κ2) is 4.98. The molecule has 0 aliphatic heterocycles. The Labute approximate surface area is 114 Å². The number of halogens is 3. The molecule has 1 aliphatic carbocycles. The zero-order chi connectivity index (χ0) is 14.2. The predicted molar refractivity (Wildman–Crippen MR) is 69.0 cm³/mol. The molecule has 1 saturated carbocycles. The SMILES string of the molecule is FC(F)(F)c1cccc(-c2ccoc2CNC2CC2)c1. The van der Waals surface area contributed by atoms with Crippen LogP contribution in [0.4, 0.5) is 13.2 Å². The third kappa shape index (κ3) is 2.88. The summed E-state index contributed by atoms with van der Waals surface area (Å²) in [6.45, 7) is 0.545. The van der Waals surface area contributed by atoms with Crippen LogP contribution in [0, 0.1) is 0 Å². The maximum Gasteiger partial charge on any atom is 0.416 e. The summed E-state index contributed by atoms with van der Waals surface area (Å²) in [7, 11) is 0. The summed E-state index contributed by atoms with van der Waals surface area (Å²) in [5.74, 6) is 0.677. The summed E-state index contributed by atoms with van der Waals surface area (Å²) in [6, 6.07) is 7.55. The lowest BCUT2D eigenvalue weighted by molar-refractivity contribution is -0.137. The molecule has 106 valence electrons. The number of benzene rings is 1. The topological polar surface area (TPSA) is 25.2 Å². The highest BCUT2D eigenvalue weighted by Crippen LogP contribution is 2.33. The standard InChI is InChI=1S/C15H14F3NO/c16-15(17,18)11-3-1-2-10(8-11)13-6-7-20-14(13)9-19-12-4-5-12/h1-3,6-8,12,19H,4-5,9H2. The second-order valence-electron chi connectivity index (χ2n) is 4.99. The monoisotopic (exact) mass is 281 g/mol. The van der Waals surface area contributed by atoms with E-state index in [1.165, 1.54) is 12.3 Å². The molecule has 1 fully saturated rings. The van der Waals surface area contributed by atoms with Gasteiger partial charge in [0.15, 0.2) is 0 Å². The summed E-state index contributed by atoms with van der Waals surface area (Å²) in [5.41, 5.74) is 0.600. The molecule has 1 aliphatic rings. The number of hydrogen-bond donors (Lipinski definition) is 1. The number of alkyl halides is 3. The Kier molecular flexibility index (Phi) is 3.30. The summed E-state index contributed by atoms with van der Waals surface area (Å²) >= 11 is 0. The molecule has 3 rings (SSSR count). The molecule has 0 bridgehead atoms. The maximum absolute atomic E-state index is 12.7. The van der Waals surface area contributed by atoms with Crippen LogP contribution in [0.2, 0.25) is 0 Å². The first-order valence-corrected chi connectivity index (χ1v) is 6.51. The van der Waals surface area contributed by atoms with E-state index in [-0.39, 0.29) is 0 Å². The van der Waals surface area contributed by atoms with Crippen molar-refractivity contribution in [3.63, 3.8) is 0 Å². The van der Waals surface area contributed by atoms with Crippen molar-refractivity contribution in [1.82, 2.24) is 5.32 Å². The molecule has 1 N–H and O–H groups in total. The van der Waals surface area contributed by atoms with Gasteiger partial charge >= 0.3 is 6.18 Å². The van der Waals surface area contributed by atoms with Crippen molar-refractivity contribution in [3.05, 3.63) is 47.9 Å². The normalized spacial score (nSPS) is 15.6. The Morgan fingerprint density at radius 2 is 2.00 bits per heavy atom. The van der Waals surface area contributed by atoms with Crippen molar-refractivity contribution in [1.29, 1.82) is 0 Å². The van der Waals surface area contributed by atoms with E-state index in [1.807, 2.05) is 0 Å². The van der Waals surface area contributed by atoms with Gasteiger partial charge in [0.05, 0.1) is 18.4 Å². The Morgan fingerprint density at radius 3 is 2.70 bits per heavy atom. The molecule has 0 atom stereocenters. The van der Waals surface area contributed by atoms with Crippen LogP contribution in [0.25, 0.3) is 11.1 Å². The van der Waals surface area contributed by atoms with Crippen LogP contribution in [0.15, 0.2) is 41.0 Å². The lowest BCUT2D eigenvalue weighted by Crippen LogP contribution is -2.15. The van der Waals surface area contributed by atoms with E-state index < -0.39 is 11.7 Å². The minimum Gasteiger partial charge on any atom is -0.467 e. The molecule has 0 saturated heterocycles. The Hall–Kier alpha value is -1.75. The minimum atomic E-state index is -4.33. The first-order valence-electron chi connectivity index (χ1n) is 6.51. The first kappa shape index (κ1) is 13.2. The molecular formula is C15H14F3NO. The number of furan rings is 1. The van der Waals surface area contributed by atoms with Gasteiger partial charge in [-0.25, -0.2) is 0 Å². The predicted octanol–water partition coefficient (Wildman–Crippen LogP) is 4.22. The molecule has 0 amide bonds. The van der Waals surface area contributed by atoms with Crippen LogP contribution in [-0.2, 0) is 12.7 Å². The molecule has 1 aromatic heterocycles. The van der Waals surface area contributed by atoms with E-state index in [9.17, 15) is 13.2 Å². The molecule has 20 heavy (non-hydrogen) atoms. The maximum atomic E-state index is 12.7. The third-order valence-electron chi connectivity index (χ3n) is 3.37. The van der Waals surface area contributed by atoms with E-state index in [4.69, 9.17) is 4.42 Å². The van der Waals surface area contributed by atoms with Crippen LogP contribution in [0.5, 0.6) is 0 Å². The van der Waals surface area contributed by atoms with Gasteiger partial charge in [-0.3, -0.25) is 0 Å². The van der Waals surface area contributed by atoms with Crippen molar-refractivity contribution in [2.75, 3.05) is 0 Å². The Bertz CT molecular complexity index is 599. The van der Waals surface area contributed by atoms with Crippen LogP contribution in [0.3, 0.4) is 0 Å². The fourth-order valence-electron chi connectivity index (χ4n) is 2.12. The highest BCUT2D eigenvalue weighted by molar-refractivity contribution is 5.66. The summed E-state index contributed by atoms with van der Waals surface area (Å²) in [4.78, 5) is 0. The van der Waals surface area contributed by atoms with Crippen molar-refractivity contribution in [2.24, 2.45) is 0 Å². The van der Waals surface area contributed by atoms with E-state index >= 15 is 0 Å². The highest BCUT2D eigenvalue weighted by Gasteiger charge is 2.30. The summed E-state index contributed by atoms with van der Waals surface area (Å²) < 4.78 is 43.6. The van der Waals surface area contributed by atoms with Crippen LogP contribution in [0.1, 0.15) is 24.2 Å². The number of rotatable bonds is 4. The first-order chi connectivity index (χ1) is 9.54. The molecule has 0 radical (unpaired) electrons. The van der Waals surface area contributed by atoms with Gasteiger partial charge in [-0.2, -0.15) is 13.2 Å². The van der Waals surface area contributed by atoms with Crippen molar-refractivity contribution < 1.29 is 17.6 Å². The van der Waals surface area contributed by atoms with Crippen molar-refractivity contribution in [2.45, 2.75) is 31.6 Å². The molecule has 1 heterocycles. The van der Waals surface area contributed by atoms with E-state index in [0.717, 1.165) is 25.0 Å². The lowest BCUT2D eigenvalue weighted by Gasteiger charge is -2.09. The van der Waals surface area contributed by atoms with Gasteiger partial charge in [-0.05, 0) is 36.6 Å². The zero-order valence-electron chi connectivity index (χ0n) is 10.7. The zero-order valence-corrected chi connectivity index (χ0v) is 10.7. The highest BCUT2D eigenvalue weighted by atomic mass is 19.4. The Morgan fingerprint density at radius 1 is 1.20 bits per heavy atom. The average molecular weight is 281 g/mol. The average Bonchev–Trinajstić information content (AvgIpc) is 3.12. The second-order valence-corrected chi connectivity index (χ2v) is 4.99. The van der Waals surface area contributed by atoms with Gasteiger partial charge in [-0.15, -0.1) is 0 Å². The summed E-state index contributed by atoms with van der Waals surface area (Å²) in [6.07, 6.45) is -0.509. The van der Waals surface area contributed by atoms with Crippen LogP contribution < -0.4 is 5.32 Å².